The van der Waals surface area contributed by atoms with Crippen LogP contribution in [0.4, 0.5) is 5.69 Å². The molecule has 3 nitrogen and oxygen atoms in total. The second-order valence-corrected chi connectivity index (χ2v) is 16.4. The van der Waals surface area contributed by atoms with Crippen molar-refractivity contribution >= 4 is 18.9 Å². The molecule has 0 amide bonds. The standard InChI is InChI=1S/C42H52NO2P/c1-30-17-15-18-31(2)40(30)36-25-16-26-37(43(3)4)41(36)42-38(45-29-32-19-9-6-10-20-32)27-33(44-5)28-39(42)46(34-21-11-7-12-22-34)35-23-13-8-14-24-35/h6,9-10,15-20,25-28,34-35H,7-8,11-14,21-24,29H2,1-5H3. The number of hydrogen-bond acceptors (Lipinski definition) is 3. The van der Waals surface area contributed by atoms with Crippen LogP contribution < -0.4 is 19.7 Å². The van der Waals surface area contributed by atoms with Gasteiger partial charge in [-0.3, -0.25) is 0 Å². The van der Waals surface area contributed by atoms with Crippen LogP contribution in [-0.2, 0) is 6.61 Å². The molecule has 242 valence electrons. The molecule has 2 aliphatic rings. The Morgan fingerprint density at radius 2 is 1.28 bits per heavy atom. The SMILES string of the molecule is COc1cc(OCc2ccccc2)c(-c2c(-c3c(C)cccc3C)cccc2N(C)C)c(P(C2CCCCC2)C2CCCCC2)c1. The molecule has 0 bridgehead atoms. The van der Waals surface area contributed by atoms with Crippen molar-refractivity contribution in [2.24, 2.45) is 0 Å². The number of methoxy groups -OCH3 is 1. The van der Waals surface area contributed by atoms with Crippen LogP contribution in [0.3, 0.4) is 0 Å². The van der Waals surface area contributed by atoms with E-state index < -0.39 is 7.92 Å². The lowest BCUT2D eigenvalue weighted by molar-refractivity contribution is 0.305. The van der Waals surface area contributed by atoms with Crippen LogP contribution in [0.5, 0.6) is 11.5 Å². The fourth-order valence-electron chi connectivity index (χ4n) is 8.03. The highest BCUT2D eigenvalue weighted by Gasteiger charge is 2.36. The Bertz CT molecular complexity index is 1560. The van der Waals surface area contributed by atoms with Crippen LogP contribution in [0.15, 0.2) is 78.9 Å². The Kier molecular flexibility index (Phi) is 10.7. The topological polar surface area (TPSA) is 21.7 Å². The highest BCUT2D eigenvalue weighted by Crippen LogP contribution is 2.59. The quantitative estimate of drug-likeness (QED) is 0.162. The molecule has 2 saturated carbocycles. The molecule has 46 heavy (non-hydrogen) atoms. The van der Waals surface area contributed by atoms with Gasteiger partial charge in [-0.05, 0) is 96.1 Å². The largest absolute Gasteiger partial charge is 0.497 e. The second-order valence-electron chi connectivity index (χ2n) is 13.6. The Labute approximate surface area is 279 Å². The van der Waals surface area contributed by atoms with E-state index in [4.69, 9.17) is 9.47 Å². The summed E-state index contributed by atoms with van der Waals surface area (Å²) in [5.41, 5.74) is 11.7. The van der Waals surface area contributed by atoms with Crippen molar-refractivity contribution in [1.29, 1.82) is 0 Å². The number of rotatable bonds is 10. The van der Waals surface area contributed by atoms with E-state index in [1.807, 2.05) is 7.11 Å². The first-order chi connectivity index (χ1) is 22.5. The van der Waals surface area contributed by atoms with Crippen LogP contribution in [0.1, 0.15) is 80.9 Å². The zero-order valence-electron chi connectivity index (χ0n) is 28.6. The van der Waals surface area contributed by atoms with Crippen molar-refractivity contribution in [3.8, 4) is 33.8 Å². The Morgan fingerprint density at radius 1 is 0.674 bits per heavy atom. The number of anilines is 1. The normalized spacial score (nSPS) is 16.0. The summed E-state index contributed by atoms with van der Waals surface area (Å²) in [7, 11) is 5.75. The zero-order chi connectivity index (χ0) is 32.0. The molecule has 0 atom stereocenters. The summed E-state index contributed by atoms with van der Waals surface area (Å²) in [6.45, 7) is 5.04. The van der Waals surface area contributed by atoms with E-state index in [0.717, 1.165) is 22.8 Å². The molecule has 2 aliphatic carbocycles. The van der Waals surface area contributed by atoms with E-state index in [-0.39, 0.29) is 0 Å². The smallest absolute Gasteiger partial charge is 0.132 e. The average molecular weight is 634 g/mol. The molecule has 4 heteroatoms. The van der Waals surface area contributed by atoms with E-state index in [2.05, 4.69) is 112 Å². The Hall–Kier alpha value is -3.29. The molecular formula is C42H52NO2P. The van der Waals surface area contributed by atoms with Gasteiger partial charge >= 0.3 is 0 Å². The molecule has 0 saturated heterocycles. The highest BCUT2D eigenvalue weighted by molar-refractivity contribution is 7.67. The predicted molar refractivity (Wildman–Crippen MR) is 199 cm³/mol. The monoisotopic (exact) mass is 633 g/mol. The molecule has 0 aromatic heterocycles. The molecule has 2 fully saturated rings. The molecule has 0 unspecified atom stereocenters. The fourth-order valence-corrected chi connectivity index (χ4v) is 12.0. The Balaban J connectivity index is 1.67. The lowest BCUT2D eigenvalue weighted by Crippen LogP contribution is -2.28. The summed E-state index contributed by atoms with van der Waals surface area (Å²) >= 11 is 0. The lowest BCUT2D eigenvalue weighted by atomic mass is 9.87. The van der Waals surface area contributed by atoms with Crippen molar-refractivity contribution in [1.82, 2.24) is 0 Å². The van der Waals surface area contributed by atoms with Gasteiger partial charge in [0.1, 0.15) is 18.1 Å². The average Bonchev–Trinajstić information content (AvgIpc) is 3.08. The van der Waals surface area contributed by atoms with E-state index in [1.165, 1.54) is 114 Å². The van der Waals surface area contributed by atoms with Crippen LogP contribution in [-0.4, -0.2) is 32.5 Å². The van der Waals surface area contributed by atoms with Crippen LogP contribution >= 0.6 is 7.92 Å². The minimum atomic E-state index is -0.446. The summed E-state index contributed by atoms with van der Waals surface area (Å²) in [6, 6.07) is 28.8. The fraction of sp³-hybridized carbons (Fsp3) is 0.429. The zero-order valence-corrected chi connectivity index (χ0v) is 29.5. The summed E-state index contributed by atoms with van der Waals surface area (Å²) in [5.74, 6) is 1.86. The summed E-state index contributed by atoms with van der Waals surface area (Å²) in [5, 5.41) is 1.50. The third-order valence-electron chi connectivity index (χ3n) is 10.3. The van der Waals surface area contributed by atoms with E-state index >= 15 is 0 Å². The third kappa shape index (κ3) is 7.01. The molecule has 0 spiro atoms. The minimum Gasteiger partial charge on any atom is -0.497 e. The van der Waals surface area contributed by atoms with Crippen molar-refractivity contribution in [3.05, 3.63) is 95.6 Å². The number of aryl methyl sites for hydroxylation is 2. The maximum absolute atomic E-state index is 6.98. The molecule has 0 aliphatic heterocycles. The van der Waals surface area contributed by atoms with Gasteiger partial charge in [0.25, 0.3) is 0 Å². The third-order valence-corrected chi connectivity index (χ3v) is 13.8. The van der Waals surface area contributed by atoms with E-state index in [9.17, 15) is 0 Å². The van der Waals surface area contributed by atoms with E-state index in [1.54, 1.807) is 0 Å². The number of ether oxygens (including phenoxy) is 2. The van der Waals surface area contributed by atoms with Gasteiger partial charge in [0.2, 0.25) is 0 Å². The van der Waals surface area contributed by atoms with Gasteiger partial charge in [0, 0.05) is 37.0 Å². The number of nitrogens with zero attached hydrogens (tertiary/aromatic N) is 1. The van der Waals surface area contributed by atoms with Crippen molar-refractivity contribution in [3.63, 3.8) is 0 Å². The summed E-state index contributed by atoms with van der Waals surface area (Å²) in [6.07, 6.45) is 13.6. The minimum absolute atomic E-state index is 0.446. The summed E-state index contributed by atoms with van der Waals surface area (Å²) < 4.78 is 13.1. The van der Waals surface area contributed by atoms with Gasteiger partial charge < -0.3 is 14.4 Å². The number of benzene rings is 4. The molecule has 6 rings (SSSR count). The van der Waals surface area contributed by atoms with Crippen LogP contribution in [0.25, 0.3) is 22.3 Å². The maximum atomic E-state index is 6.98. The highest BCUT2D eigenvalue weighted by atomic mass is 31.1. The van der Waals surface area contributed by atoms with Crippen molar-refractivity contribution < 1.29 is 9.47 Å². The van der Waals surface area contributed by atoms with Crippen molar-refractivity contribution in [2.75, 3.05) is 26.1 Å². The van der Waals surface area contributed by atoms with Crippen LogP contribution in [0.2, 0.25) is 0 Å². The first kappa shape index (κ1) is 32.6. The van der Waals surface area contributed by atoms with Gasteiger partial charge in [-0.15, -0.1) is 0 Å². The van der Waals surface area contributed by atoms with Gasteiger partial charge in [-0.1, -0.05) is 107 Å². The first-order valence-electron chi connectivity index (χ1n) is 17.5. The van der Waals surface area contributed by atoms with Gasteiger partial charge in [-0.2, -0.15) is 0 Å². The predicted octanol–water partition coefficient (Wildman–Crippen LogP) is 11.1. The molecule has 4 aromatic rings. The molecular weight excluding hydrogens is 581 g/mol. The van der Waals surface area contributed by atoms with Crippen molar-refractivity contribution in [2.45, 2.75) is 96.0 Å². The summed E-state index contributed by atoms with van der Waals surface area (Å²) in [4.78, 5) is 2.30. The first-order valence-corrected chi connectivity index (χ1v) is 19.0. The molecule has 4 aromatic carbocycles. The van der Waals surface area contributed by atoms with Gasteiger partial charge in [0.05, 0.1) is 7.11 Å². The van der Waals surface area contributed by atoms with Crippen LogP contribution in [0, 0.1) is 13.8 Å². The second kappa shape index (κ2) is 15.1. The van der Waals surface area contributed by atoms with Gasteiger partial charge in [-0.25, -0.2) is 0 Å². The maximum Gasteiger partial charge on any atom is 0.132 e. The van der Waals surface area contributed by atoms with E-state index in [0.29, 0.717) is 6.61 Å². The number of hydrogen-bond donors (Lipinski definition) is 0. The molecule has 0 N–H and O–H groups in total. The van der Waals surface area contributed by atoms with Gasteiger partial charge in [0.15, 0.2) is 0 Å². The molecule has 0 radical (unpaired) electrons. The molecule has 0 heterocycles. The Morgan fingerprint density at radius 3 is 1.87 bits per heavy atom. The lowest BCUT2D eigenvalue weighted by Gasteiger charge is -2.40.